The second-order valence-corrected chi connectivity index (χ2v) is 8.67. The SMILES string of the molecule is Cc1cc(C)c(C(=O)N[C@@H]2c3ccccc3CC2[n+]2cnn(-c3ccccc3)c2)c(C)c1. The molecule has 0 saturated heterocycles. The fourth-order valence-electron chi connectivity index (χ4n) is 4.96. The van der Waals surface area contributed by atoms with E-state index in [1.165, 1.54) is 16.7 Å². The molecule has 0 bridgehead atoms. The van der Waals surface area contributed by atoms with Gasteiger partial charge < -0.3 is 5.32 Å². The molecule has 3 aromatic carbocycles. The Morgan fingerprint density at radius 2 is 1.69 bits per heavy atom. The van der Waals surface area contributed by atoms with Crippen LogP contribution in [0.25, 0.3) is 5.69 Å². The van der Waals surface area contributed by atoms with Gasteiger partial charge in [0.15, 0.2) is 0 Å². The molecule has 0 saturated carbocycles. The number of hydrogen-bond acceptors (Lipinski definition) is 2. The Balaban J connectivity index is 1.49. The lowest BCUT2D eigenvalue weighted by Gasteiger charge is -2.21. The average Bonchev–Trinajstić information content (AvgIpc) is 3.39. The van der Waals surface area contributed by atoms with E-state index >= 15 is 0 Å². The van der Waals surface area contributed by atoms with Crippen molar-refractivity contribution in [3.05, 3.63) is 113 Å². The third kappa shape index (κ3) is 3.60. The van der Waals surface area contributed by atoms with Gasteiger partial charge in [0.25, 0.3) is 12.2 Å². The van der Waals surface area contributed by atoms with Gasteiger partial charge in [-0.1, -0.05) is 64.8 Å². The normalized spacial score (nSPS) is 17.2. The summed E-state index contributed by atoms with van der Waals surface area (Å²) in [5, 5.41) is 7.92. The van der Waals surface area contributed by atoms with Gasteiger partial charge in [-0.3, -0.25) is 4.79 Å². The first-order valence-corrected chi connectivity index (χ1v) is 11.0. The highest BCUT2D eigenvalue weighted by Crippen LogP contribution is 2.36. The molecule has 32 heavy (non-hydrogen) atoms. The summed E-state index contributed by atoms with van der Waals surface area (Å²) < 4.78 is 3.99. The fourth-order valence-corrected chi connectivity index (χ4v) is 4.96. The minimum absolute atomic E-state index is 0.0252. The molecule has 1 aliphatic rings. The van der Waals surface area contributed by atoms with E-state index in [1.54, 1.807) is 0 Å². The van der Waals surface area contributed by atoms with Crippen molar-refractivity contribution in [3.63, 3.8) is 0 Å². The van der Waals surface area contributed by atoms with Crippen LogP contribution in [0.1, 0.15) is 50.3 Å². The van der Waals surface area contributed by atoms with E-state index in [0.29, 0.717) is 0 Å². The molecule has 160 valence electrons. The van der Waals surface area contributed by atoms with Crippen LogP contribution in [-0.2, 0) is 6.42 Å². The topological polar surface area (TPSA) is 50.8 Å². The maximum atomic E-state index is 13.4. The van der Waals surface area contributed by atoms with Crippen molar-refractivity contribution in [3.8, 4) is 5.69 Å². The van der Waals surface area contributed by atoms with Gasteiger partial charge in [-0.15, -0.1) is 0 Å². The first kappa shape index (κ1) is 20.2. The molecule has 2 atom stereocenters. The van der Waals surface area contributed by atoms with Crippen molar-refractivity contribution in [1.29, 1.82) is 0 Å². The monoisotopic (exact) mass is 423 g/mol. The maximum Gasteiger partial charge on any atom is 0.265 e. The van der Waals surface area contributed by atoms with E-state index in [2.05, 4.69) is 52.2 Å². The molecule has 1 unspecified atom stereocenters. The number of aromatic nitrogens is 3. The van der Waals surface area contributed by atoms with Crippen LogP contribution in [0.2, 0.25) is 0 Å². The minimum Gasteiger partial charge on any atom is -0.342 e. The van der Waals surface area contributed by atoms with Crippen LogP contribution in [-0.4, -0.2) is 15.7 Å². The van der Waals surface area contributed by atoms with Gasteiger partial charge in [0, 0.05) is 17.1 Å². The summed E-state index contributed by atoms with van der Waals surface area (Å²) >= 11 is 0. The summed E-state index contributed by atoms with van der Waals surface area (Å²) in [5.74, 6) is -0.0252. The Hall–Kier alpha value is -3.73. The molecule has 0 fully saturated rings. The van der Waals surface area contributed by atoms with Gasteiger partial charge in [-0.05, 0) is 55.2 Å². The van der Waals surface area contributed by atoms with Crippen molar-refractivity contribution >= 4 is 5.91 Å². The molecule has 1 aliphatic carbocycles. The highest BCUT2D eigenvalue weighted by atomic mass is 16.1. The summed E-state index contributed by atoms with van der Waals surface area (Å²) in [6.07, 6.45) is 4.70. The number of nitrogens with one attached hydrogen (secondary N) is 1. The zero-order chi connectivity index (χ0) is 22.2. The molecule has 0 aliphatic heterocycles. The molecule has 1 aromatic heterocycles. The number of para-hydroxylation sites is 1. The Kier molecular flexibility index (Phi) is 5.10. The predicted octanol–water partition coefficient (Wildman–Crippen LogP) is 4.35. The van der Waals surface area contributed by atoms with Crippen LogP contribution in [0.15, 0.2) is 79.4 Å². The molecule has 5 heteroatoms. The van der Waals surface area contributed by atoms with Gasteiger partial charge in [-0.2, -0.15) is 0 Å². The Bertz CT molecular complexity index is 1270. The first-order chi connectivity index (χ1) is 15.5. The van der Waals surface area contributed by atoms with Crippen LogP contribution in [0, 0.1) is 20.8 Å². The number of rotatable bonds is 4. The summed E-state index contributed by atoms with van der Waals surface area (Å²) in [6, 6.07) is 22.5. The number of fused-ring (bicyclic) bond motifs is 1. The fraction of sp³-hybridized carbons (Fsp3) is 0.222. The van der Waals surface area contributed by atoms with E-state index in [9.17, 15) is 4.79 Å². The molecule has 5 rings (SSSR count). The molecule has 1 amide bonds. The van der Waals surface area contributed by atoms with Gasteiger partial charge in [0.05, 0.1) is 6.04 Å². The molecule has 5 nitrogen and oxygen atoms in total. The van der Waals surface area contributed by atoms with Crippen LogP contribution >= 0.6 is 0 Å². The number of benzene rings is 3. The maximum absolute atomic E-state index is 13.4. The van der Waals surface area contributed by atoms with Crippen molar-refractivity contribution in [2.24, 2.45) is 0 Å². The Morgan fingerprint density at radius 3 is 2.44 bits per heavy atom. The third-order valence-corrected chi connectivity index (χ3v) is 6.35. The smallest absolute Gasteiger partial charge is 0.265 e. The zero-order valence-corrected chi connectivity index (χ0v) is 18.6. The molecule has 1 heterocycles. The predicted molar refractivity (Wildman–Crippen MR) is 124 cm³/mol. The number of carbonyl (C=O) groups is 1. The van der Waals surface area contributed by atoms with Gasteiger partial charge in [0.2, 0.25) is 6.33 Å². The largest absolute Gasteiger partial charge is 0.342 e. The second-order valence-electron chi connectivity index (χ2n) is 8.67. The number of hydrogen-bond donors (Lipinski definition) is 1. The Labute approximate surface area is 188 Å². The van der Waals surface area contributed by atoms with Crippen LogP contribution < -0.4 is 9.88 Å². The zero-order valence-electron chi connectivity index (χ0n) is 18.6. The lowest BCUT2D eigenvalue weighted by molar-refractivity contribution is -0.725. The molecular formula is C27H27N4O+. The summed E-state index contributed by atoms with van der Waals surface area (Å²) in [7, 11) is 0. The van der Waals surface area contributed by atoms with Crippen molar-refractivity contribution in [2.75, 3.05) is 0 Å². The van der Waals surface area contributed by atoms with E-state index in [4.69, 9.17) is 0 Å². The summed E-state index contributed by atoms with van der Waals surface area (Å²) in [5.41, 5.74) is 7.40. The molecule has 0 radical (unpaired) electrons. The van der Waals surface area contributed by atoms with E-state index < -0.39 is 0 Å². The van der Waals surface area contributed by atoms with Gasteiger partial charge in [-0.25, -0.2) is 4.57 Å². The van der Waals surface area contributed by atoms with Crippen LogP contribution in [0.5, 0.6) is 0 Å². The molecule has 1 N–H and O–H groups in total. The number of carbonyl (C=O) groups excluding carboxylic acids is 1. The Morgan fingerprint density at radius 1 is 1.00 bits per heavy atom. The summed E-state index contributed by atoms with van der Waals surface area (Å²) in [4.78, 5) is 13.4. The third-order valence-electron chi connectivity index (χ3n) is 6.35. The quantitative estimate of drug-likeness (QED) is 0.496. The van der Waals surface area contributed by atoms with Crippen molar-refractivity contribution in [1.82, 2.24) is 15.1 Å². The van der Waals surface area contributed by atoms with Crippen molar-refractivity contribution in [2.45, 2.75) is 39.3 Å². The highest BCUT2D eigenvalue weighted by Gasteiger charge is 2.38. The number of nitrogens with zero attached hydrogens (tertiary/aromatic N) is 3. The van der Waals surface area contributed by atoms with E-state index in [1.807, 2.05) is 67.6 Å². The second kappa shape index (κ2) is 8.08. The van der Waals surface area contributed by atoms with Crippen LogP contribution in [0.3, 0.4) is 0 Å². The average molecular weight is 424 g/mol. The van der Waals surface area contributed by atoms with Crippen molar-refractivity contribution < 1.29 is 9.36 Å². The van der Waals surface area contributed by atoms with Crippen LogP contribution in [0.4, 0.5) is 0 Å². The molecule has 0 spiro atoms. The van der Waals surface area contributed by atoms with E-state index in [0.717, 1.165) is 28.8 Å². The number of amides is 1. The minimum atomic E-state index is -0.128. The summed E-state index contributed by atoms with van der Waals surface area (Å²) in [6.45, 7) is 6.08. The highest BCUT2D eigenvalue weighted by molar-refractivity contribution is 5.97. The standard InChI is InChI=1S/C27H26N4O/c1-18-13-19(2)25(20(3)14-18)27(32)29-26-23-12-8-7-9-21(23)15-24(26)30-16-28-31(17-30)22-10-5-4-6-11-22/h4-14,16-17,24,26H,15H2,1-3H3/p+1/t24?,26-/m1/s1. The molecular weight excluding hydrogens is 396 g/mol. The number of aryl methyl sites for hydroxylation is 3. The lowest BCUT2D eigenvalue weighted by Crippen LogP contribution is -2.45. The van der Waals surface area contributed by atoms with E-state index in [-0.39, 0.29) is 18.0 Å². The molecule has 4 aromatic rings. The lowest BCUT2D eigenvalue weighted by atomic mass is 9.98. The van der Waals surface area contributed by atoms with Gasteiger partial charge in [0.1, 0.15) is 11.7 Å². The first-order valence-electron chi connectivity index (χ1n) is 11.0. The van der Waals surface area contributed by atoms with Gasteiger partial charge >= 0.3 is 0 Å².